The van der Waals surface area contributed by atoms with Crippen molar-refractivity contribution < 1.29 is 42.0 Å². The highest BCUT2D eigenvalue weighted by Gasteiger charge is 2.42. The smallest absolute Gasteiger partial charge is 0.397 e. The summed E-state index contributed by atoms with van der Waals surface area (Å²) in [6, 6.07) is 0. The zero-order chi connectivity index (χ0) is 12.5. The minimum atomic E-state index is -4.87. The molecule has 0 saturated carbocycles. The fraction of sp³-hybridized carbons (Fsp3) is 0.833. The number of aliphatic hydroxyl groups is 2. The summed E-state index contributed by atoms with van der Waals surface area (Å²) in [5, 5.41) is 27.0. The van der Waals surface area contributed by atoms with Crippen LogP contribution in [0, 0.1) is 0 Å². The highest BCUT2D eigenvalue weighted by Crippen LogP contribution is 2.22. The van der Waals surface area contributed by atoms with Crippen LogP contribution in [0.25, 0.3) is 0 Å². The van der Waals surface area contributed by atoms with E-state index in [1.165, 1.54) is 0 Å². The minimum absolute atomic E-state index is 0.466. The van der Waals surface area contributed by atoms with Gasteiger partial charge in [0, 0.05) is 6.42 Å². The van der Waals surface area contributed by atoms with E-state index in [-0.39, 0.29) is 0 Å². The van der Waals surface area contributed by atoms with Gasteiger partial charge in [-0.05, 0) is 0 Å². The van der Waals surface area contributed by atoms with Gasteiger partial charge in [0.05, 0.1) is 6.10 Å². The number of rotatable bonds is 3. The van der Waals surface area contributed by atoms with Gasteiger partial charge >= 0.3 is 16.4 Å². The van der Waals surface area contributed by atoms with Crippen LogP contribution < -0.4 is 0 Å². The molecule has 0 aromatic heterocycles. The third kappa shape index (κ3) is 3.37. The predicted octanol–water partition coefficient (Wildman–Crippen LogP) is -2.27. The molecule has 1 saturated heterocycles. The van der Waals surface area contributed by atoms with Crippen LogP contribution in [0.4, 0.5) is 0 Å². The summed E-state index contributed by atoms with van der Waals surface area (Å²) in [5.74, 6) is -1.41. The number of ether oxygens (including phenoxy) is 1. The average molecular weight is 258 g/mol. The van der Waals surface area contributed by atoms with Crippen LogP contribution in [0.5, 0.6) is 0 Å². The van der Waals surface area contributed by atoms with Crippen LogP contribution in [0.1, 0.15) is 6.42 Å². The summed E-state index contributed by atoms with van der Waals surface area (Å²) in [6.45, 7) is 0. The number of carboxylic acid groups (broad SMARTS) is 1. The molecule has 9 nitrogen and oxygen atoms in total. The number of hydrogen-bond donors (Lipinski definition) is 4. The molecule has 4 N–H and O–H groups in total. The molecule has 1 aliphatic rings. The van der Waals surface area contributed by atoms with Crippen molar-refractivity contribution in [2.45, 2.75) is 31.0 Å². The quantitative estimate of drug-likeness (QED) is 0.410. The Morgan fingerprint density at radius 3 is 2.31 bits per heavy atom. The van der Waals surface area contributed by atoms with Crippen LogP contribution >= 0.6 is 0 Å². The van der Waals surface area contributed by atoms with Gasteiger partial charge in [0.2, 0.25) is 0 Å². The molecule has 1 fully saturated rings. The molecule has 0 amide bonds. The highest BCUT2D eigenvalue weighted by atomic mass is 32.3. The maximum Gasteiger partial charge on any atom is 0.397 e. The van der Waals surface area contributed by atoms with Crippen molar-refractivity contribution in [3.63, 3.8) is 0 Å². The molecular formula is C6H10O9S. The summed E-state index contributed by atoms with van der Waals surface area (Å²) in [5.41, 5.74) is 0. The molecule has 0 aromatic carbocycles. The number of aliphatic hydroxyl groups excluding tert-OH is 2. The Labute approximate surface area is 90.2 Å². The average Bonchev–Trinajstić information content (AvgIpc) is 2.09. The van der Waals surface area contributed by atoms with Crippen molar-refractivity contribution >= 4 is 16.4 Å². The van der Waals surface area contributed by atoms with Gasteiger partial charge in [0.1, 0.15) is 0 Å². The second-order valence-corrected chi connectivity index (χ2v) is 4.19. The molecule has 1 heterocycles. The van der Waals surface area contributed by atoms with E-state index < -0.39 is 47.4 Å². The summed E-state index contributed by atoms with van der Waals surface area (Å²) >= 11 is 0. The van der Waals surface area contributed by atoms with Gasteiger partial charge in [0.15, 0.2) is 18.5 Å². The van der Waals surface area contributed by atoms with Crippen molar-refractivity contribution in [2.75, 3.05) is 0 Å². The third-order valence-corrected chi connectivity index (χ3v) is 2.39. The lowest BCUT2D eigenvalue weighted by molar-refractivity contribution is -0.242. The lowest BCUT2D eigenvalue weighted by Gasteiger charge is -2.33. The predicted molar refractivity (Wildman–Crippen MR) is 45.6 cm³/mol. The van der Waals surface area contributed by atoms with Crippen molar-refractivity contribution in [1.82, 2.24) is 0 Å². The first-order chi connectivity index (χ1) is 7.20. The molecular weight excluding hydrogens is 248 g/mol. The van der Waals surface area contributed by atoms with E-state index >= 15 is 0 Å². The van der Waals surface area contributed by atoms with Gasteiger partial charge in [-0.25, -0.2) is 8.98 Å². The first-order valence-corrected chi connectivity index (χ1v) is 5.47. The maximum absolute atomic E-state index is 10.5. The topological polar surface area (TPSA) is 151 Å². The molecule has 94 valence electrons. The summed E-state index contributed by atoms with van der Waals surface area (Å²) in [6.07, 6.45) is -7.25. The summed E-state index contributed by atoms with van der Waals surface area (Å²) < 4.78 is 37.4. The van der Waals surface area contributed by atoms with Crippen LogP contribution in [0.2, 0.25) is 0 Å². The summed E-state index contributed by atoms with van der Waals surface area (Å²) in [7, 11) is -4.87. The normalized spacial score (nSPS) is 35.9. The lowest BCUT2D eigenvalue weighted by Crippen LogP contribution is -2.52. The van der Waals surface area contributed by atoms with Gasteiger partial charge < -0.3 is 20.1 Å². The molecule has 0 spiro atoms. The van der Waals surface area contributed by atoms with E-state index in [9.17, 15) is 23.4 Å². The van der Waals surface area contributed by atoms with E-state index in [4.69, 9.17) is 9.66 Å². The molecule has 4 atom stereocenters. The van der Waals surface area contributed by atoms with E-state index in [1.54, 1.807) is 0 Å². The Bertz CT molecular complexity index is 350. The summed E-state index contributed by atoms with van der Waals surface area (Å²) in [4.78, 5) is 10.5. The molecule has 1 aliphatic heterocycles. The fourth-order valence-corrected chi connectivity index (χ4v) is 1.76. The van der Waals surface area contributed by atoms with Crippen LogP contribution in [-0.4, -0.2) is 58.9 Å². The van der Waals surface area contributed by atoms with E-state index in [2.05, 4.69) is 8.92 Å². The van der Waals surface area contributed by atoms with Gasteiger partial charge in [0.25, 0.3) is 0 Å². The van der Waals surface area contributed by atoms with Gasteiger partial charge in [-0.1, -0.05) is 0 Å². The van der Waals surface area contributed by atoms with E-state index in [1.807, 2.05) is 0 Å². The van der Waals surface area contributed by atoms with Gasteiger partial charge in [-0.2, -0.15) is 8.42 Å². The Kier molecular flexibility index (Phi) is 3.83. The zero-order valence-electron chi connectivity index (χ0n) is 7.75. The standard InChI is InChI=1S/C6H10O9S/c7-2-1-3(5(8)9)14-6(10)4(2)15-16(11,12)13/h2-4,6-7,10H,1H2,(H,8,9)(H,11,12,13)/t2-,3+,4-,6+/m0/s1. The Hall–Kier alpha value is -0.780. The monoisotopic (exact) mass is 258 g/mol. The fourth-order valence-electron chi connectivity index (χ4n) is 1.26. The molecule has 16 heavy (non-hydrogen) atoms. The van der Waals surface area contributed by atoms with Crippen molar-refractivity contribution in [3.05, 3.63) is 0 Å². The molecule has 0 aromatic rings. The van der Waals surface area contributed by atoms with Gasteiger partial charge in [-0.3, -0.25) is 4.55 Å². The SMILES string of the molecule is O=C(O)[C@H]1C[C@H](O)[C@H](OS(=O)(=O)O)[C@H](O)O1. The Morgan fingerprint density at radius 2 is 1.94 bits per heavy atom. The molecule has 1 rings (SSSR count). The third-order valence-electron chi connectivity index (χ3n) is 1.93. The van der Waals surface area contributed by atoms with Crippen LogP contribution in [0.15, 0.2) is 0 Å². The molecule has 0 unspecified atom stereocenters. The van der Waals surface area contributed by atoms with E-state index in [0.29, 0.717) is 0 Å². The van der Waals surface area contributed by atoms with Crippen molar-refractivity contribution in [1.29, 1.82) is 0 Å². The van der Waals surface area contributed by atoms with E-state index in [0.717, 1.165) is 0 Å². The Morgan fingerprint density at radius 1 is 1.38 bits per heavy atom. The maximum atomic E-state index is 10.5. The second-order valence-electron chi connectivity index (χ2n) is 3.15. The van der Waals surface area contributed by atoms with Crippen molar-refractivity contribution in [3.8, 4) is 0 Å². The van der Waals surface area contributed by atoms with Crippen LogP contribution in [0.3, 0.4) is 0 Å². The zero-order valence-corrected chi connectivity index (χ0v) is 8.57. The molecule has 0 radical (unpaired) electrons. The number of carboxylic acids is 1. The van der Waals surface area contributed by atoms with Gasteiger partial charge in [-0.15, -0.1) is 0 Å². The van der Waals surface area contributed by atoms with Crippen molar-refractivity contribution in [2.24, 2.45) is 0 Å². The lowest BCUT2D eigenvalue weighted by atomic mass is 10.0. The number of carbonyl (C=O) groups is 1. The first-order valence-electron chi connectivity index (χ1n) is 4.11. The highest BCUT2D eigenvalue weighted by molar-refractivity contribution is 7.80. The largest absolute Gasteiger partial charge is 0.479 e. The van der Waals surface area contributed by atoms with Crippen LogP contribution in [-0.2, 0) is 24.1 Å². The minimum Gasteiger partial charge on any atom is -0.479 e. The second kappa shape index (κ2) is 4.61. The molecule has 0 bridgehead atoms. The number of aliphatic carboxylic acids is 1. The Balaban J connectivity index is 2.73. The first kappa shape index (κ1) is 13.3. The molecule has 10 heteroatoms. The number of hydrogen-bond acceptors (Lipinski definition) is 7. The molecule has 0 aliphatic carbocycles.